The van der Waals surface area contributed by atoms with E-state index in [1.54, 1.807) is 13.3 Å². The van der Waals surface area contributed by atoms with Crippen molar-refractivity contribution in [2.45, 2.75) is 6.54 Å². The first kappa shape index (κ1) is 8.01. The molecule has 0 spiro atoms. The van der Waals surface area contributed by atoms with Crippen molar-refractivity contribution in [2.24, 2.45) is 0 Å². The highest BCUT2D eigenvalue weighted by atomic mass is 16.5. The molecule has 1 N–H and O–H groups in total. The van der Waals surface area contributed by atoms with Crippen LogP contribution in [-0.2, 0) is 6.54 Å². The number of nitrogens with one attached hydrogen (secondary N) is 1. The Morgan fingerprint density at radius 1 is 1.55 bits per heavy atom. The quantitative estimate of drug-likeness (QED) is 0.696. The summed E-state index contributed by atoms with van der Waals surface area (Å²) in [6.07, 6.45) is 1.80. The van der Waals surface area contributed by atoms with Crippen LogP contribution in [0.4, 0.5) is 0 Å². The molecule has 0 amide bonds. The summed E-state index contributed by atoms with van der Waals surface area (Å²) >= 11 is 0. The Bertz CT molecular complexity index is 208. The number of ether oxygens (including phenoxy) is 1. The predicted octanol–water partition coefficient (Wildman–Crippen LogP) is 0.810. The van der Waals surface area contributed by atoms with Gasteiger partial charge in [0.15, 0.2) is 0 Å². The number of pyridine rings is 1. The first-order valence-corrected chi connectivity index (χ1v) is 3.50. The van der Waals surface area contributed by atoms with E-state index >= 15 is 0 Å². The second kappa shape index (κ2) is 3.93. The maximum atomic E-state index is 4.92. The molecule has 1 rings (SSSR count). The summed E-state index contributed by atoms with van der Waals surface area (Å²) in [6.45, 7) is 0.844. The lowest BCUT2D eigenvalue weighted by atomic mass is 10.3. The summed E-state index contributed by atoms with van der Waals surface area (Å²) in [5.74, 6) is 0.657. The van der Waals surface area contributed by atoms with Crippen LogP contribution in [0.5, 0.6) is 5.88 Å². The lowest BCUT2D eigenvalue weighted by molar-refractivity contribution is 0.397. The van der Waals surface area contributed by atoms with Crippen LogP contribution < -0.4 is 10.1 Å². The lowest BCUT2D eigenvalue weighted by Gasteiger charge is -2.00. The Morgan fingerprint density at radius 3 is 2.82 bits per heavy atom. The number of hydrogen-bond acceptors (Lipinski definition) is 3. The van der Waals surface area contributed by atoms with Crippen LogP contribution in [0.15, 0.2) is 18.3 Å². The maximum Gasteiger partial charge on any atom is 0.212 e. The minimum atomic E-state index is 0.657. The van der Waals surface area contributed by atoms with Crippen LogP contribution in [0, 0.1) is 0 Å². The van der Waals surface area contributed by atoms with Crippen molar-refractivity contribution < 1.29 is 4.74 Å². The second-order valence-corrected chi connectivity index (χ2v) is 2.24. The largest absolute Gasteiger partial charge is 0.481 e. The predicted molar refractivity (Wildman–Crippen MR) is 43.6 cm³/mol. The zero-order valence-corrected chi connectivity index (χ0v) is 6.79. The van der Waals surface area contributed by atoms with Crippen molar-refractivity contribution in [3.8, 4) is 5.88 Å². The van der Waals surface area contributed by atoms with E-state index in [1.807, 2.05) is 19.2 Å². The Balaban J connectivity index is 2.66. The van der Waals surface area contributed by atoms with E-state index in [4.69, 9.17) is 4.74 Å². The number of aromatic nitrogens is 1. The SMILES string of the molecule is CNCc1ccc(OC)nc1. The van der Waals surface area contributed by atoms with E-state index in [9.17, 15) is 0 Å². The molecule has 0 radical (unpaired) electrons. The monoisotopic (exact) mass is 152 g/mol. The van der Waals surface area contributed by atoms with E-state index in [0.29, 0.717) is 5.88 Å². The Hall–Kier alpha value is -1.09. The van der Waals surface area contributed by atoms with Gasteiger partial charge in [-0.1, -0.05) is 6.07 Å². The average molecular weight is 152 g/mol. The van der Waals surface area contributed by atoms with Gasteiger partial charge in [-0.25, -0.2) is 4.98 Å². The van der Waals surface area contributed by atoms with Gasteiger partial charge in [-0.2, -0.15) is 0 Å². The second-order valence-electron chi connectivity index (χ2n) is 2.24. The van der Waals surface area contributed by atoms with Crippen molar-refractivity contribution in [3.63, 3.8) is 0 Å². The van der Waals surface area contributed by atoms with Crippen LogP contribution >= 0.6 is 0 Å². The molecule has 0 aliphatic rings. The van der Waals surface area contributed by atoms with Crippen LogP contribution in [0.2, 0.25) is 0 Å². The highest BCUT2D eigenvalue weighted by Gasteiger charge is 1.92. The molecule has 0 bridgehead atoms. The highest BCUT2D eigenvalue weighted by Crippen LogP contribution is 2.05. The van der Waals surface area contributed by atoms with Crippen molar-refractivity contribution in [1.29, 1.82) is 0 Å². The third-order valence-corrected chi connectivity index (χ3v) is 1.39. The fraction of sp³-hybridized carbons (Fsp3) is 0.375. The first-order valence-electron chi connectivity index (χ1n) is 3.50. The van der Waals surface area contributed by atoms with Crippen LogP contribution in [-0.4, -0.2) is 19.1 Å². The Kier molecular flexibility index (Phi) is 2.86. The van der Waals surface area contributed by atoms with Crippen LogP contribution in [0.25, 0.3) is 0 Å². The summed E-state index contributed by atoms with van der Waals surface area (Å²) in [6, 6.07) is 3.84. The lowest BCUT2D eigenvalue weighted by Crippen LogP contribution is -2.05. The molecule has 0 saturated heterocycles. The van der Waals surface area contributed by atoms with E-state index in [1.165, 1.54) is 0 Å². The van der Waals surface area contributed by atoms with Gasteiger partial charge in [-0.05, 0) is 12.6 Å². The molecular weight excluding hydrogens is 140 g/mol. The van der Waals surface area contributed by atoms with Gasteiger partial charge in [0.2, 0.25) is 5.88 Å². The van der Waals surface area contributed by atoms with Crippen molar-refractivity contribution >= 4 is 0 Å². The van der Waals surface area contributed by atoms with Crippen molar-refractivity contribution in [2.75, 3.05) is 14.2 Å². The minimum absolute atomic E-state index is 0.657. The summed E-state index contributed by atoms with van der Waals surface area (Å²) in [5, 5.41) is 3.04. The van der Waals surface area contributed by atoms with Crippen molar-refractivity contribution in [3.05, 3.63) is 23.9 Å². The van der Waals surface area contributed by atoms with Crippen LogP contribution in [0.3, 0.4) is 0 Å². The standard InChI is InChI=1S/C8H12N2O/c1-9-5-7-3-4-8(11-2)10-6-7/h3-4,6,9H,5H2,1-2H3. The van der Waals surface area contributed by atoms with Gasteiger partial charge < -0.3 is 10.1 Å². The van der Waals surface area contributed by atoms with Gasteiger partial charge in [0.25, 0.3) is 0 Å². The molecule has 1 aromatic rings. The summed E-state index contributed by atoms with van der Waals surface area (Å²) < 4.78 is 4.92. The number of methoxy groups -OCH3 is 1. The van der Waals surface area contributed by atoms with Crippen LogP contribution in [0.1, 0.15) is 5.56 Å². The molecule has 0 aliphatic heterocycles. The first-order chi connectivity index (χ1) is 5.36. The van der Waals surface area contributed by atoms with Gasteiger partial charge in [0, 0.05) is 18.8 Å². The molecule has 0 unspecified atom stereocenters. The van der Waals surface area contributed by atoms with E-state index in [2.05, 4.69) is 10.3 Å². The average Bonchev–Trinajstić information content (AvgIpc) is 2.07. The van der Waals surface area contributed by atoms with Crippen molar-refractivity contribution in [1.82, 2.24) is 10.3 Å². The summed E-state index contributed by atoms with van der Waals surface area (Å²) in [5.41, 5.74) is 1.16. The smallest absolute Gasteiger partial charge is 0.212 e. The molecule has 1 aromatic heterocycles. The van der Waals surface area contributed by atoms with Gasteiger partial charge >= 0.3 is 0 Å². The molecule has 0 fully saturated rings. The molecule has 3 heteroatoms. The molecule has 60 valence electrons. The van der Waals surface area contributed by atoms with E-state index in [0.717, 1.165) is 12.1 Å². The van der Waals surface area contributed by atoms with E-state index < -0.39 is 0 Å². The molecule has 0 aliphatic carbocycles. The number of nitrogens with zero attached hydrogens (tertiary/aromatic N) is 1. The minimum Gasteiger partial charge on any atom is -0.481 e. The zero-order chi connectivity index (χ0) is 8.10. The maximum absolute atomic E-state index is 4.92. The molecule has 0 atom stereocenters. The summed E-state index contributed by atoms with van der Waals surface area (Å²) in [4.78, 5) is 4.05. The highest BCUT2D eigenvalue weighted by molar-refractivity contribution is 5.17. The summed E-state index contributed by atoms with van der Waals surface area (Å²) in [7, 11) is 3.52. The molecule has 11 heavy (non-hydrogen) atoms. The molecule has 0 aromatic carbocycles. The Labute approximate surface area is 66.4 Å². The molecule has 1 heterocycles. The van der Waals surface area contributed by atoms with Gasteiger partial charge in [-0.3, -0.25) is 0 Å². The molecule has 3 nitrogen and oxygen atoms in total. The van der Waals surface area contributed by atoms with Gasteiger partial charge in [0.1, 0.15) is 0 Å². The van der Waals surface area contributed by atoms with Gasteiger partial charge in [-0.15, -0.1) is 0 Å². The number of hydrogen-bond donors (Lipinski definition) is 1. The van der Waals surface area contributed by atoms with E-state index in [-0.39, 0.29) is 0 Å². The third kappa shape index (κ3) is 2.20. The topological polar surface area (TPSA) is 34.1 Å². The zero-order valence-electron chi connectivity index (χ0n) is 6.79. The number of rotatable bonds is 3. The van der Waals surface area contributed by atoms with Gasteiger partial charge in [0.05, 0.1) is 7.11 Å². The normalized spacial score (nSPS) is 9.64. The fourth-order valence-corrected chi connectivity index (χ4v) is 0.840. The molecular formula is C8H12N2O. The third-order valence-electron chi connectivity index (χ3n) is 1.39. The fourth-order valence-electron chi connectivity index (χ4n) is 0.840. The molecule has 0 saturated carbocycles. The Morgan fingerprint density at radius 2 is 2.36 bits per heavy atom.